The summed E-state index contributed by atoms with van der Waals surface area (Å²) in [5, 5.41) is 5.13. The summed E-state index contributed by atoms with van der Waals surface area (Å²) in [6.07, 6.45) is 1.03. The number of rotatable bonds is 11. The first-order valence-corrected chi connectivity index (χ1v) is 14.3. The molecule has 1 N–H and O–H groups in total. The second kappa shape index (κ2) is 11.5. The number of para-hydroxylation sites is 1. The average Bonchev–Trinajstić information content (AvgIpc) is 3.15. The number of azide groups is 1. The minimum Gasteiger partial charge on any atom is -0.468 e. The number of ether oxygens (including phenoxy) is 2. The van der Waals surface area contributed by atoms with E-state index in [1.807, 2.05) is 24.3 Å². The summed E-state index contributed by atoms with van der Waals surface area (Å²) < 4.78 is 15.9. The third kappa shape index (κ3) is 6.40. The highest BCUT2D eigenvalue weighted by Crippen LogP contribution is 2.37. The minimum absolute atomic E-state index is 0.0977. The van der Waals surface area contributed by atoms with Gasteiger partial charge in [0.25, 0.3) is 0 Å². The van der Waals surface area contributed by atoms with Gasteiger partial charge in [0.05, 0.1) is 20.3 Å². The molecule has 1 heterocycles. The van der Waals surface area contributed by atoms with Crippen LogP contribution in [-0.2, 0) is 29.9 Å². The zero-order valence-corrected chi connectivity index (χ0v) is 22.2. The van der Waals surface area contributed by atoms with E-state index in [1.54, 1.807) is 0 Å². The summed E-state index contributed by atoms with van der Waals surface area (Å²) in [4.78, 5) is 30.6. The van der Waals surface area contributed by atoms with Gasteiger partial charge in [0, 0.05) is 28.1 Å². The predicted octanol–water partition coefficient (Wildman–Crippen LogP) is 5.83. The van der Waals surface area contributed by atoms with Gasteiger partial charge in [-0.05, 0) is 54.6 Å². The monoisotopic (exact) mass is 488 g/mol. The molecule has 1 atom stereocenters. The zero-order chi connectivity index (χ0) is 25.5. The van der Waals surface area contributed by atoms with Crippen LogP contribution in [0.3, 0.4) is 0 Å². The van der Waals surface area contributed by atoms with Crippen LogP contribution in [0.1, 0.15) is 50.9 Å². The number of hydrogen-bond donors (Lipinski definition) is 1. The minimum atomic E-state index is -1.92. The number of hydrogen-bond acceptors (Lipinski definition) is 6. The van der Waals surface area contributed by atoms with Crippen molar-refractivity contribution >= 4 is 31.2 Å². The lowest BCUT2D eigenvalue weighted by Gasteiger charge is -2.36. The fourth-order valence-electron chi connectivity index (χ4n) is 3.66. The molecular weight excluding hydrogens is 452 g/mol. The molecule has 0 spiro atoms. The molecule has 2 aromatic rings. The van der Waals surface area contributed by atoms with Gasteiger partial charge in [0.15, 0.2) is 14.2 Å². The predicted molar refractivity (Wildman–Crippen MR) is 134 cm³/mol. The first-order valence-electron chi connectivity index (χ1n) is 11.4. The van der Waals surface area contributed by atoms with Crippen LogP contribution in [0.5, 0.6) is 0 Å². The summed E-state index contributed by atoms with van der Waals surface area (Å²) >= 11 is 0. The van der Waals surface area contributed by atoms with Gasteiger partial charge >= 0.3 is 11.9 Å². The molecule has 1 aromatic carbocycles. The molecule has 2 rings (SSSR count). The Morgan fingerprint density at radius 1 is 1.12 bits per heavy atom. The molecule has 0 aliphatic rings. The van der Waals surface area contributed by atoms with Crippen molar-refractivity contribution < 1.29 is 23.5 Å². The number of methoxy groups -OCH3 is 2. The number of benzene rings is 1. The first kappa shape index (κ1) is 27.4. The molecule has 0 saturated carbocycles. The molecule has 0 bridgehead atoms. The van der Waals surface area contributed by atoms with E-state index in [9.17, 15) is 15.1 Å². The van der Waals surface area contributed by atoms with Gasteiger partial charge in [-0.15, -0.1) is 0 Å². The third-order valence-corrected chi connectivity index (χ3v) is 11.2. The van der Waals surface area contributed by atoms with Crippen LogP contribution in [0.4, 0.5) is 0 Å². The van der Waals surface area contributed by atoms with E-state index in [0.717, 1.165) is 22.2 Å². The van der Waals surface area contributed by atoms with Crippen molar-refractivity contribution in [3.05, 3.63) is 46.0 Å². The van der Waals surface area contributed by atoms with Crippen molar-refractivity contribution in [1.29, 1.82) is 0 Å². The van der Waals surface area contributed by atoms with Gasteiger partial charge in [-0.25, -0.2) is 0 Å². The summed E-state index contributed by atoms with van der Waals surface area (Å²) in [7, 11) is 0.523. The fraction of sp³-hybridized carbons (Fsp3) is 0.583. The summed E-state index contributed by atoms with van der Waals surface area (Å²) in [6.45, 7) is 11.6. The standard InChI is InChI=1S/C24H36N4O5Si/c1-24(2,3)34(6,7)33-15-14-17-16-10-8-9-11-19(16)26-21(17)20(27-28-25)13-12-18(22(29)31-4)23(30)32-5/h8-11,18,20,26H,12-15H2,1-7H3. The van der Waals surface area contributed by atoms with Crippen LogP contribution in [-0.4, -0.2) is 46.1 Å². The molecule has 186 valence electrons. The Bertz CT molecular complexity index is 1040. The lowest BCUT2D eigenvalue weighted by Crippen LogP contribution is -2.41. The summed E-state index contributed by atoms with van der Waals surface area (Å²) in [5.74, 6) is -2.43. The average molecular weight is 489 g/mol. The van der Waals surface area contributed by atoms with Crippen LogP contribution in [0.2, 0.25) is 18.1 Å². The quantitative estimate of drug-likeness (QED) is 0.106. The van der Waals surface area contributed by atoms with Crippen LogP contribution in [0.25, 0.3) is 21.3 Å². The van der Waals surface area contributed by atoms with Crippen molar-refractivity contribution in [1.82, 2.24) is 4.98 Å². The molecular formula is C24H36N4O5Si. The van der Waals surface area contributed by atoms with E-state index in [0.29, 0.717) is 13.0 Å². The number of H-pyrrole nitrogens is 1. The molecule has 0 saturated heterocycles. The Labute approximate surface area is 201 Å². The van der Waals surface area contributed by atoms with Crippen molar-refractivity contribution in [3.63, 3.8) is 0 Å². The van der Waals surface area contributed by atoms with Crippen LogP contribution < -0.4 is 0 Å². The maximum atomic E-state index is 12.1. The lowest BCUT2D eigenvalue weighted by molar-refractivity contribution is -0.159. The largest absolute Gasteiger partial charge is 0.468 e. The molecule has 0 aliphatic heterocycles. The molecule has 0 radical (unpaired) electrons. The number of aromatic nitrogens is 1. The third-order valence-electron chi connectivity index (χ3n) is 6.69. The van der Waals surface area contributed by atoms with Crippen LogP contribution >= 0.6 is 0 Å². The van der Waals surface area contributed by atoms with E-state index in [-0.39, 0.29) is 17.9 Å². The van der Waals surface area contributed by atoms with E-state index in [2.05, 4.69) is 48.9 Å². The number of nitrogens with zero attached hydrogens (tertiary/aromatic N) is 3. The van der Waals surface area contributed by atoms with Crippen molar-refractivity contribution in [3.8, 4) is 0 Å². The Hall–Kier alpha value is -2.81. The number of carbonyl (C=O) groups is 2. The van der Waals surface area contributed by atoms with Gasteiger partial charge in [-0.3, -0.25) is 9.59 Å². The number of aromatic amines is 1. The van der Waals surface area contributed by atoms with Crippen LogP contribution in [0.15, 0.2) is 29.4 Å². The molecule has 1 aromatic heterocycles. The highest BCUT2D eigenvalue weighted by atomic mass is 28.4. The Balaban J connectivity index is 2.35. The summed E-state index contributed by atoms with van der Waals surface area (Å²) in [5.41, 5.74) is 12.0. The normalized spacial score (nSPS) is 12.9. The lowest BCUT2D eigenvalue weighted by atomic mass is 9.96. The van der Waals surface area contributed by atoms with Crippen LogP contribution in [0, 0.1) is 5.92 Å². The van der Waals surface area contributed by atoms with Crippen molar-refractivity contribution in [2.24, 2.45) is 11.0 Å². The molecule has 1 unspecified atom stereocenters. The highest BCUT2D eigenvalue weighted by molar-refractivity contribution is 6.74. The molecule has 0 amide bonds. The van der Waals surface area contributed by atoms with Gasteiger partial charge < -0.3 is 18.9 Å². The molecule has 0 aliphatic carbocycles. The van der Waals surface area contributed by atoms with E-state index in [4.69, 9.17) is 13.9 Å². The molecule has 9 nitrogen and oxygen atoms in total. The van der Waals surface area contributed by atoms with Crippen molar-refractivity contribution in [2.75, 3.05) is 20.8 Å². The number of fused-ring (bicyclic) bond motifs is 1. The SMILES string of the molecule is COC(=O)C(CCC(N=[N+]=[N-])c1[nH]c2ccccc2c1CCO[Si](C)(C)C(C)(C)C)C(=O)OC. The van der Waals surface area contributed by atoms with Gasteiger partial charge in [-0.1, -0.05) is 44.1 Å². The Morgan fingerprint density at radius 2 is 1.74 bits per heavy atom. The molecule has 0 fully saturated rings. The zero-order valence-electron chi connectivity index (χ0n) is 21.2. The number of nitrogens with one attached hydrogen (secondary N) is 1. The van der Waals surface area contributed by atoms with Gasteiger partial charge in [-0.2, -0.15) is 0 Å². The highest BCUT2D eigenvalue weighted by Gasteiger charge is 2.37. The second-order valence-corrected chi connectivity index (χ2v) is 14.6. The fourth-order valence-corrected chi connectivity index (χ4v) is 4.71. The van der Waals surface area contributed by atoms with Gasteiger partial charge in [0.2, 0.25) is 0 Å². The smallest absolute Gasteiger partial charge is 0.320 e. The molecule has 34 heavy (non-hydrogen) atoms. The number of carbonyl (C=O) groups excluding carboxylic acids is 2. The molecule has 10 heteroatoms. The van der Waals surface area contributed by atoms with E-state index < -0.39 is 32.2 Å². The Kier molecular flexibility index (Phi) is 9.32. The van der Waals surface area contributed by atoms with E-state index >= 15 is 0 Å². The number of esters is 2. The maximum Gasteiger partial charge on any atom is 0.320 e. The first-order chi connectivity index (χ1) is 16.0. The van der Waals surface area contributed by atoms with Crippen molar-refractivity contribution in [2.45, 2.75) is 64.2 Å². The topological polar surface area (TPSA) is 126 Å². The Morgan fingerprint density at radius 3 is 2.29 bits per heavy atom. The maximum absolute atomic E-state index is 12.1. The summed E-state index contributed by atoms with van der Waals surface area (Å²) in [6, 6.07) is 7.29. The van der Waals surface area contributed by atoms with E-state index in [1.165, 1.54) is 14.2 Å². The second-order valence-electron chi connectivity index (χ2n) is 9.82. The van der Waals surface area contributed by atoms with Gasteiger partial charge in [0.1, 0.15) is 0 Å².